The fourth-order valence-electron chi connectivity index (χ4n) is 2.35. The summed E-state index contributed by atoms with van der Waals surface area (Å²) in [6.07, 6.45) is 3.14. The van der Waals surface area contributed by atoms with Crippen molar-refractivity contribution in [3.63, 3.8) is 0 Å². The van der Waals surface area contributed by atoms with E-state index in [0.717, 1.165) is 41.8 Å². The third-order valence-electron chi connectivity index (χ3n) is 3.45. The summed E-state index contributed by atoms with van der Waals surface area (Å²) in [5.41, 5.74) is 0.878. The van der Waals surface area contributed by atoms with Crippen LogP contribution in [-0.2, 0) is 4.79 Å². The predicted octanol–water partition coefficient (Wildman–Crippen LogP) is 2.81. The van der Waals surface area contributed by atoms with Gasteiger partial charge in [-0.15, -0.1) is 12.4 Å². The van der Waals surface area contributed by atoms with Gasteiger partial charge in [0.2, 0.25) is 5.91 Å². The molecule has 1 aliphatic rings. The van der Waals surface area contributed by atoms with Crippen molar-refractivity contribution in [2.24, 2.45) is 0 Å². The molecule has 1 atom stereocenters. The molecule has 1 aromatic carbocycles. The number of fused-ring (bicyclic) bond motifs is 1. The van der Waals surface area contributed by atoms with Crippen molar-refractivity contribution < 1.29 is 9.53 Å². The Labute approximate surface area is 133 Å². The van der Waals surface area contributed by atoms with Gasteiger partial charge in [-0.2, -0.15) is 0 Å². The van der Waals surface area contributed by atoms with E-state index in [1.165, 1.54) is 11.3 Å². The number of carbonyl (C=O) groups is 1. The average molecular weight is 328 g/mol. The number of rotatable bonds is 3. The molecule has 2 aromatic rings. The molecule has 0 spiro atoms. The SMILES string of the molecule is COc1ccc2nc(NC(=O)C3CCCCN3)sc2c1.Cl. The second-order valence-corrected chi connectivity index (χ2v) is 5.88. The van der Waals surface area contributed by atoms with Crippen LogP contribution < -0.4 is 15.4 Å². The highest BCUT2D eigenvalue weighted by Crippen LogP contribution is 2.29. The molecule has 7 heteroatoms. The van der Waals surface area contributed by atoms with Crippen molar-refractivity contribution in [1.82, 2.24) is 10.3 Å². The third-order valence-corrected chi connectivity index (χ3v) is 4.39. The van der Waals surface area contributed by atoms with Crippen LogP contribution in [0.2, 0.25) is 0 Å². The molecule has 3 rings (SSSR count). The number of anilines is 1. The molecule has 2 N–H and O–H groups in total. The second kappa shape index (κ2) is 7.06. The summed E-state index contributed by atoms with van der Waals surface area (Å²) >= 11 is 1.47. The first-order chi connectivity index (χ1) is 9.76. The maximum atomic E-state index is 12.1. The molecule has 0 aliphatic carbocycles. The van der Waals surface area contributed by atoms with Gasteiger partial charge in [0.15, 0.2) is 5.13 Å². The van der Waals surface area contributed by atoms with Gasteiger partial charge in [-0.1, -0.05) is 17.8 Å². The van der Waals surface area contributed by atoms with Crippen LogP contribution in [0, 0.1) is 0 Å². The third kappa shape index (κ3) is 3.64. The number of hydrogen-bond donors (Lipinski definition) is 2. The lowest BCUT2D eigenvalue weighted by atomic mass is 10.0. The smallest absolute Gasteiger partial charge is 0.243 e. The molecule has 1 amide bonds. The van der Waals surface area contributed by atoms with E-state index in [1.807, 2.05) is 18.2 Å². The first-order valence-electron chi connectivity index (χ1n) is 6.75. The zero-order valence-electron chi connectivity index (χ0n) is 11.7. The molecular weight excluding hydrogens is 310 g/mol. The maximum Gasteiger partial charge on any atom is 0.243 e. The lowest BCUT2D eigenvalue weighted by Crippen LogP contribution is -2.43. The Morgan fingerprint density at radius 1 is 1.48 bits per heavy atom. The fourth-order valence-corrected chi connectivity index (χ4v) is 3.25. The van der Waals surface area contributed by atoms with E-state index in [9.17, 15) is 4.79 Å². The average Bonchev–Trinajstić information content (AvgIpc) is 2.89. The van der Waals surface area contributed by atoms with Crippen molar-refractivity contribution >= 4 is 45.0 Å². The number of halogens is 1. The van der Waals surface area contributed by atoms with Crippen LogP contribution in [0.4, 0.5) is 5.13 Å². The molecular formula is C14H18ClN3O2S. The number of nitrogens with zero attached hydrogens (tertiary/aromatic N) is 1. The topological polar surface area (TPSA) is 63.2 Å². The van der Waals surface area contributed by atoms with Gasteiger partial charge >= 0.3 is 0 Å². The van der Waals surface area contributed by atoms with Gasteiger partial charge in [-0.3, -0.25) is 4.79 Å². The number of methoxy groups -OCH3 is 1. The molecule has 0 radical (unpaired) electrons. The Bertz CT molecular complexity index is 626. The number of aromatic nitrogens is 1. The lowest BCUT2D eigenvalue weighted by Gasteiger charge is -2.21. The van der Waals surface area contributed by atoms with Crippen LogP contribution >= 0.6 is 23.7 Å². The number of hydrogen-bond acceptors (Lipinski definition) is 5. The minimum Gasteiger partial charge on any atom is -0.497 e. The van der Waals surface area contributed by atoms with Crippen LogP contribution in [0.1, 0.15) is 19.3 Å². The van der Waals surface area contributed by atoms with Crippen LogP contribution in [0.5, 0.6) is 5.75 Å². The number of thiazole rings is 1. The van der Waals surface area contributed by atoms with E-state index in [-0.39, 0.29) is 24.4 Å². The Kier molecular flexibility index (Phi) is 5.39. The van der Waals surface area contributed by atoms with Crippen LogP contribution in [0.15, 0.2) is 18.2 Å². The molecule has 1 saturated heterocycles. The minimum absolute atomic E-state index is 0. The monoisotopic (exact) mass is 327 g/mol. The van der Waals surface area contributed by atoms with Gasteiger partial charge in [0, 0.05) is 0 Å². The largest absolute Gasteiger partial charge is 0.497 e. The van der Waals surface area contributed by atoms with E-state index in [0.29, 0.717) is 5.13 Å². The van der Waals surface area contributed by atoms with Crippen LogP contribution in [-0.4, -0.2) is 30.6 Å². The summed E-state index contributed by atoms with van der Waals surface area (Å²) in [4.78, 5) is 16.6. The molecule has 1 unspecified atom stereocenters. The number of piperidine rings is 1. The Morgan fingerprint density at radius 2 is 2.33 bits per heavy atom. The summed E-state index contributed by atoms with van der Waals surface area (Å²) in [5.74, 6) is 0.809. The van der Waals surface area contributed by atoms with Crippen molar-refractivity contribution in [2.75, 3.05) is 19.0 Å². The molecule has 2 heterocycles. The number of ether oxygens (including phenoxy) is 1. The molecule has 21 heavy (non-hydrogen) atoms. The quantitative estimate of drug-likeness (QED) is 0.910. The minimum atomic E-state index is -0.0923. The Morgan fingerprint density at radius 3 is 3.05 bits per heavy atom. The summed E-state index contributed by atoms with van der Waals surface area (Å²) in [5, 5.41) is 6.78. The van der Waals surface area contributed by atoms with E-state index in [4.69, 9.17) is 4.74 Å². The molecule has 0 bridgehead atoms. The van der Waals surface area contributed by atoms with Crippen LogP contribution in [0.25, 0.3) is 10.2 Å². The molecule has 114 valence electrons. The highest BCUT2D eigenvalue weighted by molar-refractivity contribution is 7.22. The number of carbonyl (C=O) groups excluding carboxylic acids is 1. The molecule has 1 aliphatic heterocycles. The normalized spacial score (nSPS) is 18.0. The highest BCUT2D eigenvalue weighted by Gasteiger charge is 2.21. The van der Waals surface area contributed by atoms with E-state index in [2.05, 4.69) is 15.6 Å². The van der Waals surface area contributed by atoms with Crippen molar-refractivity contribution in [2.45, 2.75) is 25.3 Å². The van der Waals surface area contributed by atoms with Crippen molar-refractivity contribution in [3.05, 3.63) is 18.2 Å². The van der Waals surface area contributed by atoms with Gasteiger partial charge in [0.1, 0.15) is 5.75 Å². The zero-order valence-corrected chi connectivity index (χ0v) is 13.4. The van der Waals surface area contributed by atoms with Crippen molar-refractivity contribution in [3.8, 4) is 5.75 Å². The van der Waals surface area contributed by atoms with Gasteiger partial charge in [0.25, 0.3) is 0 Å². The van der Waals surface area contributed by atoms with E-state index >= 15 is 0 Å². The number of amides is 1. The fraction of sp³-hybridized carbons (Fsp3) is 0.429. The number of benzene rings is 1. The second-order valence-electron chi connectivity index (χ2n) is 4.84. The van der Waals surface area contributed by atoms with Gasteiger partial charge in [-0.05, 0) is 37.6 Å². The molecule has 1 aromatic heterocycles. The standard InChI is InChI=1S/C14H17N3O2S.ClH/c1-19-9-5-6-10-12(8-9)20-14(16-10)17-13(18)11-4-2-3-7-15-11;/h5-6,8,11,15H,2-4,7H2,1H3,(H,16,17,18);1H. The zero-order chi connectivity index (χ0) is 13.9. The Balaban J connectivity index is 0.00000161. The molecule has 5 nitrogen and oxygen atoms in total. The first-order valence-corrected chi connectivity index (χ1v) is 7.57. The Hall–Kier alpha value is -1.37. The van der Waals surface area contributed by atoms with Gasteiger partial charge in [0.05, 0.1) is 23.4 Å². The van der Waals surface area contributed by atoms with E-state index < -0.39 is 0 Å². The lowest BCUT2D eigenvalue weighted by molar-refractivity contribution is -0.118. The molecule has 1 fully saturated rings. The summed E-state index contributed by atoms with van der Waals surface area (Å²) in [6, 6.07) is 5.61. The summed E-state index contributed by atoms with van der Waals surface area (Å²) in [7, 11) is 1.64. The summed E-state index contributed by atoms with van der Waals surface area (Å²) in [6.45, 7) is 0.912. The van der Waals surface area contributed by atoms with E-state index in [1.54, 1.807) is 7.11 Å². The predicted molar refractivity (Wildman–Crippen MR) is 87.7 cm³/mol. The molecule has 0 saturated carbocycles. The van der Waals surface area contributed by atoms with Crippen LogP contribution in [0.3, 0.4) is 0 Å². The van der Waals surface area contributed by atoms with Gasteiger partial charge in [-0.25, -0.2) is 4.98 Å². The first kappa shape index (κ1) is 16.0. The van der Waals surface area contributed by atoms with Gasteiger partial charge < -0.3 is 15.4 Å². The maximum absolute atomic E-state index is 12.1. The number of nitrogens with one attached hydrogen (secondary N) is 2. The van der Waals surface area contributed by atoms with Crippen molar-refractivity contribution in [1.29, 1.82) is 0 Å². The summed E-state index contributed by atoms with van der Waals surface area (Å²) < 4.78 is 6.20. The highest BCUT2D eigenvalue weighted by atomic mass is 35.5.